The fraction of sp³-hybridized carbons (Fsp3) is 0.444. The first-order valence-corrected chi connectivity index (χ1v) is 20.8. The van der Waals surface area contributed by atoms with E-state index in [9.17, 15) is 39.6 Å². The first-order chi connectivity index (χ1) is 24.6. The number of nitrogens with one attached hydrogen (secondary N) is 2. The molecule has 1 aliphatic carbocycles. The van der Waals surface area contributed by atoms with Crippen LogP contribution in [0.4, 0.5) is 24.1 Å². The molecule has 2 heterocycles. The lowest BCUT2D eigenvalue weighted by Gasteiger charge is -2.38. The number of halogens is 4. The highest BCUT2D eigenvalue weighted by Gasteiger charge is 2.56. The topological polar surface area (TPSA) is 165 Å². The van der Waals surface area contributed by atoms with Gasteiger partial charge in [-0.1, -0.05) is 64.4 Å². The number of aromatic nitrogens is 2. The Balaban J connectivity index is 0.000000241. The Bertz CT molecular complexity index is 2230. The summed E-state index contributed by atoms with van der Waals surface area (Å²) in [4.78, 5) is 29.3. The molecule has 0 aliphatic heterocycles. The predicted molar refractivity (Wildman–Crippen MR) is 201 cm³/mol. The first kappa shape index (κ1) is 42.9. The van der Waals surface area contributed by atoms with Gasteiger partial charge in [-0.25, -0.2) is 21.8 Å². The summed E-state index contributed by atoms with van der Waals surface area (Å²) in [5, 5.41) is 11.3. The third-order valence-corrected chi connectivity index (χ3v) is 14.8. The number of hydrogen-bond acceptors (Lipinski definition) is 10. The van der Waals surface area contributed by atoms with Crippen LogP contribution >= 0.6 is 22.9 Å². The Hall–Kier alpha value is -3.80. The van der Waals surface area contributed by atoms with Crippen LogP contribution in [-0.4, -0.2) is 48.3 Å². The van der Waals surface area contributed by atoms with Gasteiger partial charge in [0.05, 0.1) is 21.0 Å². The molecule has 5 rings (SSSR count). The monoisotopic (exact) mass is 830 g/mol. The van der Waals surface area contributed by atoms with Gasteiger partial charge >= 0.3 is 6.18 Å². The van der Waals surface area contributed by atoms with Crippen LogP contribution in [0.1, 0.15) is 91.7 Å². The maximum absolute atomic E-state index is 13.1. The molecule has 11 nitrogen and oxygen atoms in total. The van der Waals surface area contributed by atoms with Crippen molar-refractivity contribution < 1.29 is 44.1 Å². The molecule has 2 aromatic heterocycles. The van der Waals surface area contributed by atoms with Crippen LogP contribution in [0, 0.1) is 0 Å². The van der Waals surface area contributed by atoms with Gasteiger partial charge in [-0.05, 0) is 75.6 Å². The van der Waals surface area contributed by atoms with Crippen LogP contribution in [0.25, 0.3) is 0 Å². The quantitative estimate of drug-likeness (QED) is 0.177. The van der Waals surface area contributed by atoms with Gasteiger partial charge in [0.15, 0.2) is 35.4 Å². The molecule has 2 N–H and O–H groups in total. The number of hydrogen-bond donors (Lipinski definition) is 2. The number of anilines is 2. The van der Waals surface area contributed by atoms with Crippen LogP contribution in [-0.2, 0) is 46.3 Å². The average molecular weight is 831 g/mol. The number of amides is 2. The lowest BCUT2D eigenvalue weighted by molar-refractivity contribution is -0.137. The van der Waals surface area contributed by atoms with Gasteiger partial charge in [0.2, 0.25) is 11.8 Å². The minimum absolute atomic E-state index is 0.0901. The highest BCUT2D eigenvalue weighted by Crippen LogP contribution is 2.44. The largest absolute Gasteiger partial charge is 0.416 e. The normalized spacial score (nSPS) is 15.0. The third kappa shape index (κ3) is 8.84. The average Bonchev–Trinajstić information content (AvgIpc) is 3.71. The van der Waals surface area contributed by atoms with Crippen molar-refractivity contribution in [1.29, 1.82) is 0 Å². The van der Waals surface area contributed by atoms with Gasteiger partial charge in [0, 0.05) is 27.3 Å². The maximum atomic E-state index is 13.1. The first-order valence-electron chi connectivity index (χ1n) is 16.6. The highest BCUT2D eigenvalue weighted by molar-refractivity contribution is 7.94. The zero-order valence-corrected chi connectivity index (χ0v) is 34.1. The number of nitrogens with zero attached hydrogens (tertiary/aromatic N) is 2. The maximum Gasteiger partial charge on any atom is 0.416 e. The number of sulfone groups is 2. The van der Waals surface area contributed by atoms with E-state index >= 15 is 0 Å². The predicted octanol–water partition coefficient (Wildman–Crippen LogP) is 8.61. The Morgan fingerprint density at radius 1 is 0.852 bits per heavy atom. The molecule has 0 bridgehead atoms. The molecule has 4 aromatic rings. The summed E-state index contributed by atoms with van der Waals surface area (Å²) in [6.07, 6.45) is -3.48. The van der Waals surface area contributed by atoms with Crippen LogP contribution in [0.3, 0.4) is 0 Å². The van der Waals surface area contributed by atoms with Crippen molar-refractivity contribution in [2.75, 3.05) is 10.6 Å². The van der Waals surface area contributed by atoms with Gasteiger partial charge < -0.3 is 15.2 Å². The van der Waals surface area contributed by atoms with E-state index in [2.05, 4.69) is 20.8 Å². The molecule has 0 spiro atoms. The lowest BCUT2D eigenvalue weighted by Crippen LogP contribution is -2.54. The van der Waals surface area contributed by atoms with E-state index in [0.717, 1.165) is 49.1 Å². The SMILES string of the molecule is CC(C)(C)c1cc(NC(=O)C2(S(=O)(=O)c3ccc(Cl)cc3)CCC2)no1.CC(C)(C)c1csc(NC(=O)C(C)(C)S(=O)(=O)c2cccc(C(F)(F)F)c2)n1. The summed E-state index contributed by atoms with van der Waals surface area (Å²) in [6.45, 7) is 14.0. The van der Waals surface area contributed by atoms with E-state index in [-0.39, 0.29) is 39.5 Å². The molecule has 1 saturated carbocycles. The van der Waals surface area contributed by atoms with E-state index in [4.69, 9.17) is 16.1 Å². The van der Waals surface area contributed by atoms with Gasteiger partial charge in [0.1, 0.15) is 10.5 Å². The smallest absolute Gasteiger partial charge is 0.359 e. The Morgan fingerprint density at radius 2 is 1.46 bits per heavy atom. The van der Waals surface area contributed by atoms with E-state index in [1.54, 1.807) is 11.4 Å². The minimum Gasteiger partial charge on any atom is -0.359 e. The summed E-state index contributed by atoms with van der Waals surface area (Å²) in [5.41, 5.74) is -0.885. The van der Waals surface area contributed by atoms with Crippen molar-refractivity contribution in [2.45, 2.75) is 111 Å². The van der Waals surface area contributed by atoms with E-state index in [1.807, 2.05) is 41.5 Å². The molecule has 0 saturated heterocycles. The molecule has 2 amide bonds. The van der Waals surface area contributed by atoms with E-state index in [0.29, 0.717) is 23.3 Å². The molecule has 2 aromatic carbocycles. The lowest BCUT2D eigenvalue weighted by atomic mass is 9.83. The summed E-state index contributed by atoms with van der Waals surface area (Å²) in [5.74, 6) is -0.624. The second-order valence-electron chi connectivity index (χ2n) is 15.4. The number of carbonyl (C=O) groups is 2. The van der Waals surface area contributed by atoms with Crippen LogP contribution < -0.4 is 10.6 Å². The van der Waals surface area contributed by atoms with Crippen LogP contribution in [0.5, 0.6) is 0 Å². The fourth-order valence-electron chi connectivity index (χ4n) is 5.05. The Labute approximate surface area is 321 Å². The number of rotatable bonds is 8. The second kappa shape index (κ2) is 15.0. The molecule has 1 aliphatic rings. The fourth-order valence-corrected chi connectivity index (χ4v) is 9.60. The Morgan fingerprint density at radius 3 is 1.94 bits per heavy atom. The van der Waals surface area contributed by atoms with Crippen molar-refractivity contribution in [1.82, 2.24) is 10.1 Å². The molecular weight excluding hydrogens is 789 g/mol. The summed E-state index contributed by atoms with van der Waals surface area (Å²) in [7, 11) is -8.25. The second-order valence-corrected chi connectivity index (χ2v) is 21.4. The molecule has 0 atom stereocenters. The standard InChI is InChI=1S/C18H21ClN2O4S.C18H21F3N2O3S2/c1-17(2,3)14-11-15(21-25-14)20-16(22)18(9-4-10-18)26(23,24)13-7-5-12(19)6-8-13;1-16(2,3)13-10-27-15(22-13)23-14(24)17(4,5)28(25,26)12-8-6-7-11(9-12)18(19,20)21/h5-8,11H,4,9-10H2,1-3H3,(H,20,21,22);6-10H,1-5H3,(H,22,23,24). The molecule has 1 fully saturated rings. The van der Waals surface area contributed by atoms with Crippen molar-refractivity contribution in [3.8, 4) is 0 Å². The molecule has 294 valence electrons. The van der Waals surface area contributed by atoms with Crippen molar-refractivity contribution in [3.05, 3.63) is 82.0 Å². The molecular formula is C36H42ClF3N4O7S3. The van der Waals surface area contributed by atoms with Crippen LogP contribution in [0.15, 0.2) is 74.3 Å². The van der Waals surface area contributed by atoms with Crippen molar-refractivity contribution in [2.24, 2.45) is 0 Å². The van der Waals surface area contributed by atoms with Gasteiger partial charge in [-0.3, -0.25) is 9.59 Å². The summed E-state index contributed by atoms with van der Waals surface area (Å²) in [6, 6.07) is 10.8. The molecule has 0 radical (unpaired) electrons. The number of benzene rings is 2. The zero-order valence-electron chi connectivity index (χ0n) is 30.9. The van der Waals surface area contributed by atoms with Crippen molar-refractivity contribution in [3.63, 3.8) is 0 Å². The zero-order chi connectivity index (χ0) is 40.7. The van der Waals surface area contributed by atoms with Gasteiger partial charge in [-0.15, -0.1) is 11.3 Å². The third-order valence-electron chi connectivity index (χ3n) is 8.89. The van der Waals surface area contributed by atoms with E-state index < -0.39 is 57.6 Å². The van der Waals surface area contributed by atoms with Crippen LogP contribution in [0.2, 0.25) is 5.02 Å². The molecule has 0 unspecified atom stereocenters. The number of alkyl halides is 3. The van der Waals surface area contributed by atoms with Crippen molar-refractivity contribution >= 4 is 65.4 Å². The number of carbonyl (C=O) groups excluding carboxylic acids is 2. The van der Waals surface area contributed by atoms with Gasteiger partial charge in [0.25, 0.3) is 0 Å². The highest BCUT2D eigenvalue weighted by atomic mass is 35.5. The summed E-state index contributed by atoms with van der Waals surface area (Å²) < 4.78 is 92.5. The van der Waals surface area contributed by atoms with Gasteiger partial charge in [-0.2, -0.15) is 13.2 Å². The number of thiazole rings is 1. The molecule has 18 heteroatoms. The minimum atomic E-state index is -4.69. The molecule has 54 heavy (non-hydrogen) atoms. The summed E-state index contributed by atoms with van der Waals surface area (Å²) >= 11 is 6.99. The Kier molecular flexibility index (Phi) is 12.0. The van der Waals surface area contributed by atoms with E-state index in [1.165, 1.54) is 24.3 Å².